The normalized spacial score (nSPS) is 27.6. The van der Waals surface area contributed by atoms with Gasteiger partial charge in [-0.2, -0.15) is 0 Å². The van der Waals surface area contributed by atoms with Crippen LogP contribution in [0.5, 0.6) is 0 Å². The van der Waals surface area contributed by atoms with Gasteiger partial charge in [0.2, 0.25) is 0 Å². The van der Waals surface area contributed by atoms with Gasteiger partial charge >= 0.3 is 5.69 Å². The first kappa shape index (κ1) is 14.7. The van der Waals surface area contributed by atoms with Crippen LogP contribution in [0, 0.1) is 5.92 Å². The standard InChI is InChI=1S/C13H23N3O2S/c1-3-8-16-11(17)14-15-12(16)19-9-13(18)6-4-10(2)5-7-13/h10,18H,3-9H2,1-2H3,(H,14,17). The molecule has 1 aromatic rings. The zero-order valence-corrected chi connectivity index (χ0v) is 12.5. The summed E-state index contributed by atoms with van der Waals surface area (Å²) in [7, 11) is 0. The fraction of sp³-hybridized carbons (Fsp3) is 0.846. The van der Waals surface area contributed by atoms with E-state index in [1.165, 1.54) is 11.8 Å². The number of nitrogens with one attached hydrogen (secondary N) is 1. The van der Waals surface area contributed by atoms with Crippen molar-refractivity contribution < 1.29 is 5.11 Å². The highest BCUT2D eigenvalue weighted by Gasteiger charge is 2.32. The third-order valence-electron chi connectivity index (χ3n) is 3.85. The summed E-state index contributed by atoms with van der Waals surface area (Å²) in [6, 6.07) is 0. The van der Waals surface area contributed by atoms with Gasteiger partial charge in [-0.05, 0) is 38.0 Å². The molecule has 1 fully saturated rings. The molecule has 1 heterocycles. The average Bonchev–Trinajstić information content (AvgIpc) is 2.74. The minimum atomic E-state index is -0.594. The Hall–Kier alpha value is -0.750. The Labute approximate surface area is 117 Å². The maximum absolute atomic E-state index is 11.6. The van der Waals surface area contributed by atoms with Gasteiger partial charge in [0.05, 0.1) is 5.60 Å². The molecular weight excluding hydrogens is 262 g/mol. The largest absolute Gasteiger partial charge is 0.389 e. The van der Waals surface area contributed by atoms with Crippen molar-refractivity contribution in [1.29, 1.82) is 0 Å². The minimum Gasteiger partial charge on any atom is -0.389 e. The Balaban J connectivity index is 1.97. The molecule has 0 saturated heterocycles. The number of aliphatic hydroxyl groups is 1. The Morgan fingerprint density at radius 1 is 1.53 bits per heavy atom. The Morgan fingerprint density at radius 2 is 2.21 bits per heavy atom. The molecule has 0 radical (unpaired) electrons. The van der Waals surface area contributed by atoms with E-state index >= 15 is 0 Å². The Bertz CT molecular complexity index is 461. The monoisotopic (exact) mass is 285 g/mol. The van der Waals surface area contributed by atoms with Crippen molar-refractivity contribution in [2.75, 3.05) is 5.75 Å². The Morgan fingerprint density at radius 3 is 2.84 bits per heavy atom. The lowest BCUT2D eigenvalue weighted by atomic mass is 9.81. The third kappa shape index (κ3) is 3.63. The van der Waals surface area contributed by atoms with E-state index in [-0.39, 0.29) is 5.69 Å². The number of H-pyrrole nitrogens is 1. The van der Waals surface area contributed by atoms with Crippen molar-refractivity contribution in [1.82, 2.24) is 14.8 Å². The number of nitrogens with zero attached hydrogens (tertiary/aromatic N) is 2. The van der Waals surface area contributed by atoms with Crippen LogP contribution in [0.1, 0.15) is 46.0 Å². The van der Waals surface area contributed by atoms with Crippen LogP contribution in [0.2, 0.25) is 0 Å². The first-order valence-corrected chi connectivity index (χ1v) is 8.03. The number of hydrogen-bond acceptors (Lipinski definition) is 4. The van der Waals surface area contributed by atoms with Gasteiger partial charge in [-0.15, -0.1) is 5.10 Å². The SMILES string of the molecule is CCCn1c(SCC2(O)CCC(C)CC2)n[nH]c1=O. The maximum Gasteiger partial charge on any atom is 0.343 e. The van der Waals surface area contributed by atoms with E-state index in [9.17, 15) is 9.90 Å². The molecule has 0 atom stereocenters. The molecule has 1 aliphatic rings. The summed E-state index contributed by atoms with van der Waals surface area (Å²) in [5.74, 6) is 1.34. The van der Waals surface area contributed by atoms with Crippen molar-refractivity contribution in [2.24, 2.45) is 5.92 Å². The quantitative estimate of drug-likeness (QED) is 0.812. The molecule has 2 N–H and O–H groups in total. The summed E-state index contributed by atoms with van der Waals surface area (Å²) >= 11 is 1.49. The van der Waals surface area contributed by atoms with Crippen LogP contribution in [-0.4, -0.2) is 31.2 Å². The fourth-order valence-corrected chi connectivity index (χ4v) is 3.60. The molecule has 0 unspecified atom stereocenters. The number of aromatic amines is 1. The molecule has 0 bridgehead atoms. The van der Waals surface area contributed by atoms with Crippen molar-refractivity contribution in [2.45, 2.75) is 63.3 Å². The first-order chi connectivity index (χ1) is 9.04. The van der Waals surface area contributed by atoms with E-state index in [1.54, 1.807) is 4.57 Å². The summed E-state index contributed by atoms with van der Waals surface area (Å²) < 4.78 is 1.65. The molecule has 0 amide bonds. The van der Waals surface area contributed by atoms with E-state index in [2.05, 4.69) is 17.1 Å². The van der Waals surface area contributed by atoms with Crippen LogP contribution in [-0.2, 0) is 6.54 Å². The highest BCUT2D eigenvalue weighted by atomic mass is 32.2. The van der Waals surface area contributed by atoms with E-state index in [1.807, 2.05) is 6.92 Å². The number of hydrogen-bond donors (Lipinski definition) is 2. The van der Waals surface area contributed by atoms with Crippen LogP contribution in [0.4, 0.5) is 0 Å². The predicted molar refractivity (Wildman–Crippen MR) is 76.4 cm³/mol. The minimum absolute atomic E-state index is 0.159. The second kappa shape index (κ2) is 6.13. The van der Waals surface area contributed by atoms with Gasteiger partial charge in [0.15, 0.2) is 5.16 Å². The fourth-order valence-electron chi connectivity index (χ4n) is 2.48. The highest BCUT2D eigenvalue weighted by molar-refractivity contribution is 7.99. The second-order valence-electron chi connectivity index (χ2n) is 5.66. The first-order valence-electron chi connectivity index (χ1n) is 7.04. The molecule has 2 rings (SSSR count). The number of rotatable bonds is 5. The molecular formula is C13H23N3O2S. The lowest BCUT2D eigenvalue weighted by Gasteiger charge is -2.34. The van der Waals surface area contributed by atoms with Crippen molar-refractivity contribution in [3.8, 4) is 0 Å². The lowest BCUT2D eigenvalue weighted by molar-refractivity contribution is 0.0149. The van der Waals surface area contributed by atoms with Gasteiger partial charge in [-0.25, -0.2) is 9.89 Å². The molecule has 5 nitrogen and oxygen atoms in total. The van der Waals surface area contributed by atoms with E-state index in [0.717, 1.165) is 32.1 Å². The molecule has 1 saturated carbocycles. The zero-order chi connectivity index (χ0) is 13.9. The van der Waals surface area contributed by atoms with Crippen LogP contribution < -0.4 is 5.69 Å². The molecule has 1 aromatic heterocycles. The number of thioether (sulfide) groups is 1. The topological polar surface area (TPSA) is 70.9 Å². The van der Waals surface area contributed by atoms with Crippen LogP contribution >= 0.6 is 11.8 Å². The van der Waals surface area contributed by atoms with Crippen molar-refractivity contribution >= 4 is 11.8 Å². The van der Waals surface area contributed by atoms with Gasteiger partial charge in [0.1, 0.15) is 0 Å². The van der Waals surface area contributed by atoms with Crippen LogP contribution in [0.15, 0.2) is 9.95 Å². The smallest absolute Gasteiger partial charge is 0.343 e. The highest BCUT2D eigenvalue weighted by Crippen LogP contribution is 2.35. The molecule has 108 valence electrons. The summed E-state index contributed by atoms with van der Waals surface area (Å²) in [5.41, 5.74) is -0.753. The summed E-state index contributed by atoms with van der Waals surface area (Å²) in [6.45, 7) is 4.94. The lowest BCUT2D eigenvalue weighted by Crippen LogP contribution is -2.36. The molecule has 0 aromatic carbocycles. The zero-order valence-electron chi connectivity index (χ0n) is 11.7. The average molecular weight is 285 g/mol. The number of aromatic nitrogens is 3. The maximum atomic E-state index is 11.6. The molecule has 6 heteroatoms. The van der Waals surface area contributed by atoms with Gasteiger partial charge in [0, 0.05) is 12.3 Å². The second-order valence-corrected chi connectivity index (χ2v) is 6.60. The van der Waals surface area contributed by atoms with Crippen molar-refractivity contribution in [3.05, 3.63) is 10.5 Å². The van der Waals surface area contributed by atoms with E-state index in [0.29, 0.717) is 23.4 Å². The van der Waals surface area contributed by atoms with Gasteiger partial charge in [-0.3, -0.25) is 4.57 Å². The van der Waals surface area contributed by atoms with Gasteiger partial charge < -0.3 is 5.11 Å². The molecule has 0 spiro atoms. The Kier molecular flexibility index (Phi) is 4.73. The van der Waals surface area contributed by atoms with Crippen LogP contribution in [0.3, 0.4) is 0 Å². The van der Waals surface area contributed by atoms with Crippen LogP contribution in [0.25, 0.3) is 0 Å². The van der Waals surface area contributed by atoms with Crippen molar-refractivity contribution in [3.63, 3.8) is 0 Å². The molecule has 19 heavy (non-hydrogen) atoms. The van der Waals surface area contributed by atoms with E-state index < -0.39 is 5.60 Å². The third-order valence-corrected chi connectivity index (χ3v) is 5.10. The molecule has 1 aliphatic carbocycles. The summed E-state index contributed by atoms with van der Waals surface area (Å²) in [6.07, 6.45) is 4.76. The van der Waals surface area contributed by atoms with Gasteiger partial charge in [-0.1, -0.05) is 25.6 Å². The molecule has 0 aliphatic heterocycles. The summed E-state index contributed by atoms with van der Waals surface area (Å²) in [5, 5.41) is 17.8. The van der Waals surface area contributed by atoms with E-state index in [4.69, 9.17) is 0 Å². The van der Waals surface area contributed by atoms with Gasteiger partial charge in [0.25, 0.3) is 0 Å². The predicted octanol–water partition coefficient (Wildman–Crippen LogP) is 2.01. The summed E-state index contributed by atoms with van der Waals surface area (Å²) in [4.78, 5) is 11.6.